The molecule has 1 atom stereocenters. The molecule has 2 aromatic rings. The SMILES string of the molecule is Cc1cn(C)c([C@H]2CCCN(C(=O)c3cc(C(C)C)no3)C2)n1. The summed E-state index contributed by atoms with van der Waals surface area (Å²) in [5.74, 6) is 1.86. The van der Waals surface area contributed by atoms with Gasteiger partial charge in [0.15, 0.2) is 0 Å². The zero-order chi connectivity index (χ0) is 16.6. The molecule has 0 unspecified atom stereocenters. The highest BCUT2D eigenvalue weighted by Gasteiger charge is 2.29. The molecule has 2 aromatic heterocycles. The van der Waals surface area contributed by atoms with Gasteiger partial charge in [-0.15, -0.1) is 0 Å². The Morgan fingerprint density at radius 1 is 1.43 bits per heavy atom. The van der Waals surface area contributed by atoms with Crippen molar-refractivity contribution < 1.29 is 9.32 Å². The number of aryl methyl sites for hydroxylation is 2. The van der Waals surface area contributed by atoms with Gasteiger partial charge in [-0.1, -0.05) is 19.0 Å². The molecule has 0 radical (unpaired) electrons. The summed E-state index contributed by atoms with van der Waals surface area (Å²) in [4.78, 5) is 19.1. The number of likely N-dealkylation sites (tertiary alicyclic amines) is 1. The molecule has 0 aromatic carbocycles. The average molecular weight is 316 g/mol. The minimum absolute atomic E-state index is 0.0694. The first-order valence-corrected chi connectivity index (χ1v) is 8.21. The van der Waals surface area contributed by atoms with Crippen LogP contribution in [-0.2, 0) is 7.05 Å². The molecular formula is C17H24N4O2. The van der Waals surface area contributed by atoms with Crippen LogP contribution in [0.2, 0.25) is 0 Å². The van der Waals surface area contributed by atoms with Crippen molar-refractivity contribution in [1.29, 1.82) is 0 Å². The summed E-state index contributed by atoms with van der Waals surface area (Å²) in [6.07, 6.45) is 4.07. The largest absolute Gasteiger partial charge is 0.351 e. The van der Waals surface area contributed by atoms with Gasteiger partial charge in [0, 0.05) is 38.3 Å². The molecule has 0 saturated carbocycles. The molecule has 6 nitrogen and oxygen atoms in total. The van der Waals surface area contributed by atoms with Gasteiger partial charge in [0.25, 0.3) is 5.91 Å². The fourth-order valence-electron chi connectivity index (χ4n) is 3.20. The lowest BCUT2D eigenvalue weighted by molar-refractivity contribution is 0.0661. The second-order valence-electron chi connectivity index (χ2n) is 6.71. The molecule has 3 heterocycles. The highest BCUT2D eigenvalue weighted by Crippen LogP contribution is 2.27. The van der Waals surface area contributed by atoms with Crippen LogP contribution in [0, 0.1) is 6.92 Å². The van der Waals surface area contributed by atoms with Crippen LogP contribution in [0.4, 0.5) is 0 Å². The maximum Gasteiger partial charge on any atom is 0.292 e. The summed E-state index contributed by atoms with van der Waals surface area (Å²) in [7, 11) is 2.02. The van der Waals surface area contributed by atoms with Crippen molar-refractivity contribution in [3.05, 3.63) is 35.2 Å². The highest BCUT2D eigenvalue weighted by atomic mass is 16.5. The van der Waals surface area contributed by atoms with Crippen LogP contribution in [0.15, 0.2) is 16.8 Å². The number of hydrogen-bond acceptors (Lipinski definition) is 4. The molecule has 23 heavy (non-hydrogen) atoms. The van der Waals surface area contributed by atoms with E-state index < -0.39 is 0 Å². The molecule has 1 amide bonds. The monoisotopic (exact) mass is 316 g/mol. The molecular weight excluding hydrogens is 292 g/mol. The number of rotatable bonds is 3. The second kappa shape index (κ2) is 6.18. The van der Waals surface area contributed by atoms with E-state index in [4.69, 9.17) is 4.52 Å². The standard InChI is InChI=1S/C17H24N4O2/c1-11(2)14-8-15(23-19-14)17(22)21-7-5-6-13(10-21)16-18-12(3)9-20(16)4/h8-9,11,13H,5-7,10H2,1-4H3/t13-/m0/s1. The third-order valence-electron chi connectivity index (χ3n) is 4.44. The van der Waals surface area contributed by atoms with Crippen molar-refractivity contribution in [1.82, 2.24) is 19.6 Å². The summed E-state index contributed by atoms with van der Waals surface area (Å²) < 4.78 is 7.32. The van der Waals surface area contributed by atoms with Gasteiger partial charge in [-0.25, -0.2) is 4.98 Å². The van der Waals surface area contributed by atoms with Crippen molar-refractivity contribution in [3.8, 4) is 0 Å². The molecule has 0 N–H and O–H groups in total. The number of imidazole rings is 1. The van der Waals surface area contributed by atoms with E-state index in [1.807, 2.05) is 38.9 Å². The van der Waals surface area contributed by atoms with Gasteiger partial charge >= 0.3 is 0 Å². The molecule has 1 aliphatic rings. The van der Waals surface area contributed by atoms with E-state index in [-0.39, 0.29) is 17.7 Å². The third kappa shape index (κ3) is 3.16. The number of amides is 1. The number of piperidine rings is 1. The van der Waals surface area contributed by atoms with Crippen molar-refractivity contribution in [2.45, 2.75) is 45.4 Å². The number of aromatic nitrogens is 3. The Hall–Kier alpha value is -2.11. The van der Waals surface area contributed by atoms with E-state index in [0.717, 1.165) is 36.6 Å². The molecule has 1 aliphatic heterocycles. The summed E-state index contributed by atoms with van der Waals surface area (Å²) in [6.45, 7) is 7.51. The first-order valence-electron chi connectivity index (χ1n) is 8.21. The first-order chi connectivity index (χ1) is 11.0. The third-order valence-corrected chi connectivity index (χ3v) is 4.44. The molecule has 3 rings (SSSR count). The number of carbonyl (C=O) groups excluding carboxylic acids is 1. The second-order valence-corrected chi connectivity index (χ2v) is 6.71. The van der Waals surface area contributed by atoms with E-state index >= 15 is 0 Å². The summed E-state index contributed by atoms with van der Waals surface area (Å²) in [6, 6.07) is 1.77. The van der Waals surface area contributed by atoms with Crippen molar-refractivity contribution in [3.63, 3.8) is 0 Å². The van der Waals surface area contributed by atoms with Gasteiger partial charge in [-0.2, -0.15) is 0 Å². The smallest absolute Gasteiger partial charge is 0.292 e. The average Bonchev–Trinajstić information content (AvgIpc) is 3.13. The van der Waals surface area contributed by atoms with E-state index in [0.29, 0.717) is 12.3 Å². The zero-order valence-electron chi connectivity index (χ0n) is 14.2. The van der Waals surface area contributed by atoms with E-state index in [1.165, 1.54) is 0 Å². The Labute approximate surface area is 136 Å². The first kappa shape index (κ1) is 15.8. The van der Waals surface area contributed by atoms with Crippen LogP contribution in [-0.4, -0.2) is 38.6 Å². The van der Waals surface area contributed by atoms with Crippen LogP contribution in [0.25, 0.3) is 0 Å². The number of carbonyl (C=O) groups is 1. The fraction of sp³-hybridized carbons (Fsp3) is 0.588. The van der Waals surface area contributed by atoms with Crippen LogP contribution in [0.1, 0.15) is 66.3 Å². The molecule has 0 aliphatic carbocycles. The molecule has 0 bridgehead atoms. The number of nitrogens with zero attached hydrogens (tertiary/aromatic N) is 4. The van der Waals surface area contributed by atoms with Crippen LogP contribution in [0.5, 0.6) is 0 Å². The molecule has 124 valence electrons. The molecule has 1 fully saturated rings. The minimum Gasteiger partial charge on any atom is -0.351 e. The summed E-state index contributed by atoms with van der Waals surface area (Å²) in [5, 5.41) is 3.99. The van der Waals surface area contributed by atoms with Gasteiger partial charge in [0.2, 0.25) is 5.76 Å². The van der Waals surface area contributed by atoms with Crippen molar-refractivity contribution >= 4 is 5.91 Å². The van der Waals surface area contributed by atoms with Gasteiger partial charge < -0.3 is 14.0 Å². The molecule has 1 saturated heterocycles. The summed E-state index contributed by atoms with van der Waals surface area (Å²) >= 11 is 0. The van der Waals surface area contributed by atoms with Crippen LogP contribution in [0.3, 0.4) is 0 Å². The lowest BCUT2D eigenvalue weighted by atomic mass is 9.97. The van der Waals surface area contributed by atoms with Gasteiger partial charge in [-0.05, 0) is 25.7 Å². The Kier molecular flexibility index (Phi) is 4.24. The lowest BCUT2D eigenvalue weighted by Crippen LogP contribution is -2.39. The predicted molar refractivity (Wildman–Crippen MR) is 86.4 cm³/mol. The quantitative estimate of drug-likeness (QED) is 0.873. The summed E-state index contributed by atoms with van der Waals surface area (Å²) in [5.41, 5.74) is 1.84. The normalized spacial score (nSPS) is 18.7. The van der Waals surface area contributed by atoms with Crippen molar-refractivity contribution in [2.75, 3.05) is 13.1 Å². The Bertz CT molecular complexity index is 701. The molecule has 6 heteroatoms. The Balaban J connectivity index is 1.75. The van der Waals surface area contributed by atoms with Gasteiger partial charge in [0.05, 0.1) is 11.4 Å². The fourth-order valence-corrected chi connectivity index (χ4v) is 3.20. The van der Waals surface area contributed by atoms with Gasteiger partial charge in [-0.3, -0.25) is 4.79 Å². The predicted octanol–water partition coefficient (Wildman–Crippen LogP) is 2.86. The van der Waals surface area contributed by atoms with Gasteiger partial charge in [0.1, 0.15) is 5.82 Å². The Morgan fingerprint density at radius 3 is 2.83 bits per heavy atom. The van der Waals surface area contributed by atoms with E-state index in [2.05, 4.69) is 14.7 Å². The minimum atomic E-state index is -0.0694. The van der Waals surface area contributed by atoms with E-state index in [1.54, 1.807) is 6.07 Å². The highest BCUT2D eigenvalue weighted by molar-refractivity contribution is 5.91. The maximum atomic E-state index is 12.7. The topological polar surface area (TPSA) is 64.2 Å². The van der Waals surface area contributed by atoms with E-state index in [9.17, 15) is 4.79 Å². The van der Waals surface area contributed by atoms with Crippen LogP contribution < -0.4 is 0 Å². The molecule has 0 spiro atoms. The lowest BCUT2D eigenvalue weighted by Gasteiger charge is -2.31. The van der Waals surface area contributed by atoms with Crippen molar-refractivity contribution in [2.24, 2.45) is 7.05 Å². The van der Waals surface area contributed by atoms with Crippen LogP contribution >= 0.6 is 0 Å². The zero-order valence-corrected chi connectivity index (χ0v) is 14.2. The number of hydrogen-bond donors (Lipinski definition) is 0. The maximum absolute atomic E-state index is 12.7. The Morgan fingerprint density at radius 2 is 2.22 bits per heavy atom.